The normalized spacial score (nSPS) is 15.1. The molecule has 1 fully saturated rings. The van der Waals surface area contributed by atoms with E-state index in [0.29, 0.717) is 24.0 Å². The van der Waals surface area contributed by atoms with Gasteiger partial charge in [-0.05, 0) is 23.8 Å². The van der Waals surface area contributed by atoms with E-state index in [1.54, 1.807) is 37.4 Å². The van der Waals surface area contributed by atoms with Gasteiger partial charge in [0.15, 0.2) is 17.3 Å². The third-order valence-corrected chi connectivity index (χ3v) is 5.73. The Kier molecular flexibility index (Phi) is 6.48. The van der Waals surface area contributed by atoms with Crippen LogP contribution < -0.4 is 15.6 Å². The van der Waals surface area contributed by atoms with Gasteiger partial charge in [-0.25, -0.2) is 9.07 Å². The van der Waals surface area contributed by atoms with Gasteiger partial charge in [0.25, 0.3) is 11.5 Å². The highest BCUT2D eigenvalue weighted by Gasteiger charge is 2.21. The average molecular weight is 439 g/mol. The predicted octanol–water partition coefficient (Wildman–Crippen LogP) is 1.68. The quantitative estimate of drug-likeness (QED) is 0.630. The summed E-state index contributed by atoms with van der Waals surface area (Å²) >= 11 is 0. The Morgan fingerprint density at radius 2 is 1.78 bits per heavy atom. The molecule has 4 rings (SSSR count). The molecule has 0 unspecified atom stereocenters. The topological polar surface area (TPSA) is 79.7 Å². The second-order valence-corrected chi connectivity index (χ2v) is 7.78. The Hall–Kier alpha value is -3.30. The first-order chi connectivity index (χ1) is 15.5. The van der Waals surface area contributed by atoms with E-state index in [0.717, 1.165) is 31.7 Å². The van der Waals surface area contributed by atoms with Crippen LogP contribution in [-0.2, 0) is 13.2 Å². The van der Waals surface area contributed by atoms with Gasteiger partial charge in [0.2, 0.25) is 0 Å². The number of nitrogens with zero attached hydrogens (tertiary/aromatic N) is 4. The summed E-state index contributed by atoms with van der Waals surface area (Å²) in [5.74, 6) is -0.452. The molecule has 0 atom stereocenters. The van der Waals surface area contributed by atoms with Gasteiger partial charge in [-0.15, -0.1) is 0 Å². The molecule has 1 aromatic heterocycles. The molecule has 9 heteroatoms. The lowest BCUT2D eigenvalue weighted by atomic mass is 10.1. The molecule has 2 aromatic carbocycles. The van der Waals surface area contributed by atoms with E-state index in [9.17, 15) is 14.0 Å². The maximum atomic E-state index is 14.0. The van der Waals surface area contributed by atoms with Crippen molar-refractivity contribution >= 4 is 16.7 Å². The first-order valence-electron chi connectivity index (χ1n) is 10.5. The number of hydrogen-bond donors (Lipinski definition) is 1. The lowest BCUT2D eigenvalue weighted by molar-refractivity contribution is 0.0926. The second kappa shape index (κ2) is 9.46. The molecule has 0 bridgehead atoms. The number of ether oxygens (including phenoxy) is 1. The molecule has 32 heavy (non-hydrogen) atoms. The summed E-state index contributed by atoms with van der Waals surface area (Å²) in [5.41, 5.74) is 0.909. The van der Waals surface area contributed by atoms with Crippen LogP contribution in [-0.4, -0.2) is 65.8 Å². The summed E-state index contributed by atoms with van der Waals surface area (Å²) in [6, 6.07) is 12.0. The lowest BCUT2D eigenvalue weighted by Gasteiger charge is -2.34. The maximum absolute atomic E-state index is 14.0. The first-order valence-corrected chi connectivity index (χ1v) is 10.5. The summed E-state index contributed by atoms with van der Waals surface area (Å²) in [4.78, 5) is 29.6. The molecule has 3 aromatic rings. The fourth-order valence-electron chi connectivity index (χ4n) is 3.96. The molecule has 1 amide bonds. The summed E-state index contributed by atoms with van der Waals surface area (Å²) in [5, 5.41) is 7.97. The highest BCUT2D eigenvalue weighted by Crippen LogP contribution is 2.19. The Labute approximate surface area is 185 Å². The van der Waals surface area contributed by atoms with E-state index in [4.69, 9.17) is 4.74 Å². The van der Waals surface area contributed by atoms with Gasteiger partial charge in [0.05, 0.1) is 19.2 Å². The van der Waals surface area contributed by atoms with Crippen LogP contribution in [0.15, 0.2) is 47.3 Å². The van der Waals surface area contributed by atoms with Crippen LogP contribution in [0, 0.1) is 5.82 Å². The molecule has 168 valence electrons. The zero-order valence-corrected chi connectivity index (χ0v) is 18.2. The number of nitrogens with one attached hydrogen (secondary N) is 1. The van der Waals surface area contributed by atoms with Crippen molar-refractivity contribution in [2.45, 2.75) is 13.2 Å². The number of hydrogen-bond acceptors (Lipinski definition) is 6. The van der Waals surface area contributed by atoms with Gasteiger partial charge in [-0.3, -0.25) is 19.4 Å². The van der Waals surface area contributed by atoms with Crippen LogP contribution in [0.3, 0.4) is 0 Å². The van der Waals surface area contributed by atoms with Gasteiger partial charge in [-0.1, -0.05) is 24.3 Å². The predicted molar refractivity (Wildman–Crippen MR) is 119 cm³/mol. The van der Waals surface area contributed by atoms with Crippen LogP contribution in [0.2, 0.25) is 0 Å². The smallest absolute Gasteiger partial charge is 0.275 e. The van der Waals surface area contributed by atoms with Crippen molar-refractivity contribution in [3.8, 4) is 5.75 Å². The largest absolute Gasteiger partial charge is 0.494 e. The van der Waals surface area contributed by atoms with Gasteiger partial charge >= 0.3 is 0 Å². The number of amides is 1. The fraction of sp³-hybridized carbons (Fsp3) is 0.348. The van der Waals surface area contributed by atoms with Crippen LogP contribution in [0.4, 0.5) is 4.39 Å². The van der Waals surface area contributed by atoms with E-state index in [-0.39, 0.29) is 28.7 Å². The third-order valence-electron chi connectivity index (χ3n) is 5.73. The average Bonchev–Trinajstić information content (AvgIpc) is 2.82. The summed E-state index contributed by atoms with van der Waals surface area (Å²) in [7, 11) is 2.99. The third kappa shape index (κ3) is 4.49. The van der Waals surface area contributed by atoms with Crippen LogP contribution in [0.25, 0.3) is 10.8 Å². The Morgan fingerprint density at radius 1 is 1.09 bits per heavy atom. The monoisotopic (exact) mass is 439 g/mol. The number of rotatable bonds is 6. The number of methoxy groups -OCH3 is 1. The number of carbonyl (C=O) groups excluding carboxylic acids is 1. The van der Waals surface area contributed by atoms with E-state index >= 15 is 0 Å². The standard InChI is InChI=1S/C23H26FN5O3/c1-25-22(30)21-17-5-3-4-6-18(17)23(31)29(26-21)15-28-11-9-27(10-12-28)14-16-7-8-20(32-2)19(24)13-16/h3-8,13H,9-12,14-15H2,1-2H3,(H,25,30). The fourth-order valence-corrected chi connectivity index (χ4v) is 3.96. The van der Waals surface area contributed by atoms with Crippen LogP contribution in [0.5, 0.6) is 5.75 Å². The van der Waals surface area contributed by atoms with E-state index < -0.39 is 0 Å². The molecule has 1 N–H and O–H groups in total. The van der Waals surface area contributed by atoms with Crippen LogP contribution in [0.1, 0.15) is 16.1 Å². The zero-order valence-electron chi connectivity index (χ0n) is 18.2. The lowest BCUT2D eigenvalue weighted by Crippen LogP contribution is -2.47. The maximum Gasteiger partial charge on any atom is 0.275 e. The van der Waals surface area contributed by atoms with Crippen molar-refractivity contribution in [2.75, 3.05) is 40.3 Å². The molecule has 1 aliphatic rings. The molecule has 1 aliphatic heterocycles. The van der Waals surface area contributed by atoms with Crippen molar-refractivity contribution in [2.24, 2.45) is 0 Å². The number of halogens is 1. The molecule has 2 heterocycles. The van der Waals surface area contributed by atoms with Crippen molar-refractivity contribution in [1.29, 1.82) is 0 Å². The number of piperazine rings is 1. The molecule has 8 nitrogen and oxygen atoms in total. The van der Waals surface area contributed by atoms with Gasteiger partial charge < -0.3 is 10.1 Å². The first kappa shape index (κ1) is 21.9. The summed E-state index contributed by atoms with van der Waals surface area (Å²) in [6.07, 6.45) is 0. The van der Waals surface area contributed by atoms with Crippen molar-refractivity contribution in [1.82, 2.24) is 24.9 Å². The van der Waals surface area contributed by atoms with E-state index in [2.05, 4.69) is 20.2 Å². The molecule has 0 saturated carbocycles. The van der Waals surface area contributed by atoms with Crippen molar-refractivity contribution < 1.29 is 13.9 Å². The molecule has 0 spiro atoms. The van der Waals surface area contributed by atoms with Gasteiger partial charge in [0, 0.05) is 45.2 Å². The minimum Gasteiger partial charge on any atom is -0.494 e. The SMILES string of the molecule is CNC(=O)c1nn(CN2CCN(Cc3ccc(OC)c(F)c3)CC2)c(=O)c2ccccc12. The molecule has 0 aliphatic carbocycles. The Morgan fingerprint density at radius 3 is 2.44 bits per heavy atom. The van der Waals surface area contributed by atoms with E-state index in [1.165, 1.54) is 17.9 Å². The molecule has 0 radical (unpaired) electrons. The Balaban J connectivity index is 1.45. The highest BCUT2D eigenvalue weighted by molar-refractivity contribution is 6.04. The summed E-state index contributed by atoms with van der Waals surface area (Å²) in [6.45, 7) is 3.96. The number of carbonyl (C=O) groups is 1. The Bertz CT molecular complexity index is 1190. The minimum absolute atomic E-state index is 0.218. The number of fused-ring (bicyclic) bond motifs is 1. The highest BCUT2D eigenvalue weighted by atomic mass is 19.1. The summed E-state index contributed by atoms with van der Waals surface area (Å²) < 4.78 is 20.3. The molecule has 1 saturated heterocycles. The van der Waals surface area contributed by atoms with Crippen molar-refractivity contribution in [3.05, 3.63) is 69.9 Å². The van der Waals surface area contributed by atoms with Gasteiger partial charge in [0.1, 0.15) is 0 Å². The van der Waals surface area contributed by atoms with Gasteiger partial charge in [-0.2, -0.15) is 5.10 Å². The van der Waals surface area contributed by atoms with Crippen molar-refractivity contribution in [3.63, 3.8) is 0 Å². The number of aromatic nitrogens is 2. The minimum atomic E-state index is -0.364. The van der Waals surface area contributed by atoms with Crippen LogP contribution >= 0.6 is 0 Å². The zero-order chi connectivity index (χ0) is 22.7. The second-order valence-electron chi connectivity index (χ2n) is 7.78. The molecular weight excluding hydrogens is 413 g/mol. The van der Waals surface area contributed by atoms with E-state index in [1.807, 2.05) is 6.07 Å². The molecular formula is C23H26FN5O3. The number of benzene rings is 2.